The summed E-state index contributed by atoms with van der Waals surface area (Å²) < 4.78 is 7.24. The normalized spacial score (nSPS) is 20.5. The van der Waals surface area contributed by atoms with Gasteiger partial charge in [-0.05, 0) is 49.9 Å². The zero-order chi connectivity index (χ0) is 16.8. The molecule has 0 spiro atoms. The highest BCUT2D eigenvalue weighted by molar-refractivity contribution is 8.00. The van der Waals surface area contributed by atoms with Gasteiger partial charge in [0.15, 0.2) is 0 Å². The predicted molar refractivity (Wildman–Crippen MR) is 95.4 cm³/mol. The van der Waals surface area contributed by atoms with Crippen LogP contribution >= 0.6 is 11.8 Å². The molecule has 1 aliphatic carbocycles. The number of methoxy groups -OCH3 is 1. The van der Waals surface area contributed by atoms with Gasteiger partial charge in [-0.1, -0.05) is 6.07 Å². The third-order valence-corrected chi connectivity index (χ3v) is 5.37. The molecule has 1 heterocycles. The molecule has 0 aliphatic heterocycles. The molecular formula is C18H23N3O2S. The summed E-state index contributed by atoms with van der Waals surface area (Å²) in [6, 6.07) is 10.5. The zero-order valence-electron chi connectivity index (χ0n) is 13.9. The second-order valence-electron chi connectivity index (χ2n) is 6.03. The summed E-state index contributed by atoms with van der Waals surface area (Å²) >= 11 is 1.54. The van der Waals surface area contributed by atoms with Crippen LogP contribution in [0.5, 0.6) is 5.75 Å². The highest BCUT2D eigenvalue weighted by Gasteiger charge is 2.23. The standard InChI is InChI=1S/C18H23N3O2S/c1-23-16-4-2-5-17(12-16)24-13-18(22)20-14-6-8-15(9-7-14)21-11-3-10-19-21/h2-5,10-12,14-15H,6-9,13H2,1H3,(H,20,22). The summed E-state index contributed by atoms with van der Waals surface area (Å²) in [6.45, 7) is 0. The van der Waals surface area contributed by atoms with E-state index in [1.54, 1.807) is 7.11 Å². The average molecular weight is 345 g/mol. The lowest BCUT2D eigenvalue weighted by Gasteiger charge is -2.29. The molecule has 128 valence electrons. The zero-order valence-corrected chi connectivity index (χ0v) is 14.7. The monoisotopic (exact) mass is 345 g/mol. The van der Waals surface area contributed by atoms with E-state index in [-0.39, 0.29) is 11.9 Å². The molecule has 1 N–H and O–H groups in total. The van der Waals surface area contributed by atoms with Crippen molar-refractivity contribution in [1.82, 2.24) is 15.1 Å². The van der Waals surface area contributed by atoms with Gasteiger partial charge >= 0.3 is 0 Å². The lowest BCUT2D eigenvalue weighted by Crippen LogP contribution is -2.38. The number of hydrogen-bond acceptors (Lipinski definition) is 4. The van der Waals surface area contributed by atoms with Crippen LogP contribution in [-0.2, 0) is 4.79 Å². The van der Waals surface area contributed by atoms with Crippen molar-refractivity contribution < 1.29 is 9.53 Å². The fraction of sp³-hybridized carbons (Fsp3) is 0.444. The van der Waals surface area contributed by atoms with Gasteiger partial charge < -0.3 is 10.1 Å². The topological polar surface area (TPSA) is 56.1 Å². The van der Waals surface area contributed by atoms with Gasteiger partial charge in [0.25, 0.3) is 0 Å². The Morgan fingerprint density at radius 1 is 1.33 bits per heavy atom. The number of benzene rings is 1. The van der Waals surface area contributed by atoms with E-state index < -0.39 is 0 Å². The molecule has 2 aromatic rings. The quantitative estimate of drug-likeness (QED) is 0.816. The second kappa shape index (κ2) is 8.24. The van der Waals surface area contributed by atoms with E-state index >= 15 is 0 Å². The molecule has 1 aliphatic rings. The molecule has 24 heavy (non-hydrogen) atoms. The Kier molecular flexibility index (Phi) is 5.80. The maximum Gasteiger partial charge on any atom is 0.230 e. The number of thioether (sulfide) groups is 1. The van der Waals surface area contributed by atoms with Crippen molar-refractivity contribution in [3.63, 3.8) is 0 Å². The smallest absolute Gasteiger partial charge is 0.230 e. The van der Waals surface area contributed by atoms with Crippen molar-refractivity contribution in [2.24, 2.45) is 0 Å². The molecule has 0 radical (unpaired) electrons. The summed E-state index contributed by atoms with van der Waals surface area (Å²) in [7, 11) is 1.65. The van der Waals surface area contributed by atoms with Crippen LogP contribution in [0.3, 0.4) is 0 Å². The van der Waals surface area contributed by atoms with Gasteiger partial charge in [0.1, 0.15) is 5.75 Å². The average Bonchev–Trinajstić information content (AvgIpc) is 3.15. The summed E-state index contributed by atoms with van der Waals surface area (Å²) in [5.41, 5.74) is 0. The molecule has 1 fully saturated rings. The largest absolute Gasteiger partial charge is 0.497 e. The molecule has 0 unspecified atom stereocenters. The number of ether oxygens (including phenoxy) is 1. The number of aromatic nitrogens is 2. The van der Waals surface area contributed by atoms with E-state index in [4.69, 9.17) is 4.74 Å². The fourth-order valence-electron chi connectivity index (χ4n) is 3.09. The van der Waals surface area contributed by atoms with E-state index in [1.165, 1.54) is 11.8 Å². The van der Waals surface area contributed by atoms with Gasteiger partial charge in [-0.15, -0.1) is 11.8 Å². The van der Waals surface area contributed by atoms with Crippen LogP contribution in [0.4, 0.5) is 0 Å². The second-order valence-corrected chi connectivity index (χ2v) is 7.08. The van der Waals surface area contributed by atoms with Crippen molar-refractivity contribution >= 4 is 17.7 Å². The summed E-state index contributed by atoms with van der Waals surface area (Å²) in [5, 5.41) is 7.48. The van der Waals surface area contributed by atoms with Gasteiger partial charge in [-0.2, -0.15) is 5.10 Å². The molecule has 0 bridgehead atoms. The Labute approximate surface area is 146 Å². The van der Waals surface area contributed by atoms with Crippen LogP contribution in [0, 0.1) is 0 Å². The van der Waals surface area contributed by atoms with E-state index in [9.17, 15) is 4.79 Å². The molecule has 6 heteroatoms. The molecule has 1 saturated carbocycles. The van der Waals surface area contributed by atoms with Crippen LogP contribution in [0.1, 0.15) is 31.7 Å². The lowest BCUT2D eigenvalue weighted by molar-refractivity contribution is -0.119. The number of amides is 1. The minimum Gasteiger partial charge on any atom is -0.497 e. The third-order valence-electron chi connectivity index (χ3n) is 4.37. The Balaban J connectivity index is 1.41. The van der Waals surface area contributed by atoms with Crippen molar-refractivity contribution in [2.75, 3.05) is 12.9 Å². The highest BCUT2D eigenvalue weighted by atomic mass is 32.2. The van der Waals surface area contributed by atoms with Gasteiger partial charge in [0, 0.05) is 23.3 Å². The molecule has 3 rings (SSSR count). The number of nitrogens with one attached hydrogen (secondary N) is 1. The van der Waals surface area contributed by atoms with E-state index in [2.05, 4.69) is 10.4 Å². The lowest BCUT2D eigenvalue weighted by atomic mass is 9.91. The van der Waals surface area contributed by atoms with Crippen LogP contribution < -0.4 is 10.1 Å². The van der Waals surface area contributed by atoms with Crippen LogP contribution in [-0.4, -0.2) is 34.6 Å². The first-order valence-corrected chi connectivity index (χ1v) is 9.28. The minimum absolute atomic E-state index is 0.102. The molecule has 5 nitrogen and oxygen atoms in total. The number of rotatable bonds is 6. The maximum atomic E-state index is 12.2. The Morgan fingerprint density at radius 3 is 2.88 bits per heavy atom. The number of carbonyl (C=O) groups is 1. The van der Waals surface area contributed by atoms with Gasteiger partial charge in [0.05, 0.1) is 18.9 Å². The molecule has 0 atom stereocenters. The van der Waals surface area contributed by atoms with Crippen molar-refractivity contribution in [1.29, 1.82) is 0 Å². The van der Waals surface area contributed by atoms with Crippen molar-refractivity contribution in [3.8, 4) is 5.75 Å². The molecule has 0 saturated heterocycles. The van der Waals surface area contributed by atoms with Gasteiger partial charge in [-0.25, -0.2) is 0 Å². The van der Waals surface area contributed by atoms with Crippen LogP contribution in [0.2, 0.25) is 0 Å². The summed E-state index contributed by atoms with van der Waals surface area (Å²) in [6.07, 6.45) is 8.00. The molecule has 1 amide bonds. The summed E-state index contributed by atoms with van der Waals surface area (Å²) in [5.74, 6) is 1.36. The SMILES string of the molecule is COc1cccc(SCC(=O)NC2CCC(n3cccn3)CC2)c1. The first-order valence-electron chi connectivity index (χ1n) is 8.30. The third kappa shape index (κ3) is 4.54. The maximum absolute atomic E-state index is 12.2. The Bertz CT molecular complexity index is 652. The van der Waals surface area contributed by atoms with Crippen molar-refractivity contribution in [2.45, 2.75) is 42.7 Å². The molecule has 1 aromatic heterocycles. The van der Waals surface area contributed by atoms with Crippen molar-refractivity contribution in [3.05, 3.63) is 42.7 Å². The van der Waals surface area contributed by atoms with Gasteiger partial charge in [0.2, 0.25) is 5.91 Å². The fourth-order valence-corrected chi connectivity index (χ4v) is 3.85. The van der Waals surface area contributed by atoms with E-state index in [1.807, 2.05) is 47.4 Å². The number of hydrogen-bond donors (Lipinski definition) is 1. The minimum atomic E-state index is 0.102. The number of nitrogens with zero attached hydrogens (tertiary/aromatic N) is 2. The summed E-state index contributed by atoms with van der Waals surface area (Å²) in [4.78, 5) is 13.2. The van der Waals surface area contributed by atoms with Gasteiger partial charge in [-0.3, -0.25) is 9.48 Å². The predicted octanol–water partition coefficient (Wildman–Crippen LogP) is 3.28. The molecular weight excluding hydrogens is 322 g/mol. The van der Waals surface area contributed by atoms with Crippen LogP contribution in [0.15, 0.2) is 47.6 Å². The number of carbonyl (C=O) groups excluding carboxylic acids is 1. The first kappa shape index (κ1) is 16.9. The Morgan fingerprint density at radius 2 is 2.17 bits per heavy atom. The Hall–Kier alpha value is -1.95. The highest BCUT2D eigenvalue weighted by Crippen LogP contribution is 2.28. The van der Waals surface area contributed by atoms with Crippen LogP contribution in [0.25, 0.3) is 0 Å². The van der Waals surface area contributed by atoms with E-state index in [0.29, 0.717) is 11.8 Å². The first-order chi connectivity index (χ1) is 11.7. The van der Waals surface area contributed by atoms with E-state index in [0.717, 1.165) is 36.3 Å². The molecule has 1 aromatic carbocycles.